The first-order valence-electron chi connectivity index (χ1n) is 6.42. The number of thioether (sulfide) groups is 1. The zero-order chi connectivity index (χ0) is 11.2. The SMILES string of the molecule is O=C(NCC1CCCNC1)C1CCSCC1. The quantitative estimate of drug-likeness (QED) is 0.782. The van der Waals surface area contributed by atoms with E-state index in [-0.39, 0.29) is 5.92 Å². The van der Waals surface area contributed by atoms with E-state index in [4.69, 9.17) is 0 Å². The summed E-state index contributed by atoms with van der Waals surface area (Å²) in [4.78, 5) is 11.9. The molecule has 0 spiro atoms. The van der Waals surface area contributed by atoms with E-state index < -0.39 is 0 Å². The summed E-state index contributed by atoms with van der Waals surface area (Å²) in [5, 5.41) is 6.52. The van der Waals surface area contributed by atoms with Gasteiger partial charge >= 0.3 is 0 Å². The third kappa shape index (κ3) is 3.67. The Morgan fingerprint density at radius 3 is 2.81 bits per heavy atom. The highest BCUT2D eigenvalue weighted by atomic mass is 32.2. The third-order valence-corrected chi connectivity index (χ3v) is 4.60. The van der Waals surface area contributed by atoms with Crippen LogP contribution in [0.2, 0.25) is 0 Å². The molecule has 0 bridgehead atoms. The number of carbonyl (C=O) groups excluding carboxylic acids is 1. The number of amides is 1. The van der Waals surface area contributed by atoms with Gasteiger partial charge in [0.1, 0.15) is 0 Å². The van der Waals surface area contributed by atoms with Crippen molar-refractivity contribution in [2.75, 3.05) is 31.1 Å². The standard InChI is InChI=1S/C12H22N2OS/c15-12(11-3-6-16-7-4-11)14-9-10-2-1-5-13-8-10/h10-11,13H,1-9H2,(H,14,15). The van der Waals surface area contributed by atoms with Crippen LogP contribution >= 0.6 is 11.8 Å². The molecule has 3 nitrogen and oxygen atoms in total. The fourth-order valence-electron chi connectivity index (χ4n) is 2.45. The van der Waals surface area contributed by atoms with E-state index in [0.717, 1.165) is 44.0 Å². The summed E-state index contributed by atoms with van der Waals surface area (Å²) in [5.41, 5.74) is 0. The van der Waals surface area contributed by atoms with E-state index in [1.165, 1.54) is 12.8 Å². The first kappa shape index (κ1) is 12.2. The fourth-order valence-corrected chi connectivity index (χ4v) is 3.55. The molecular weight excluding hydrogens is 220 g/mol. The van der Waals surface area contributed by atoms with Crippen LogP contribution in [0.5, 0.6) is 0 Å². The van der Waals surface area contributed by atoms with Crippen LogP contribution in [0.25, 0.3) is 0 Å². The second-order valence-electron chi connectivity index (χ2n) is 4.84. The highest BCUT2D eigenvalue weighted by Gasteiger charge is 2.22. The van der Waals surface area contributed by atoms with Crippen LogP contribution in [-0.4, -0.2) is 37.0 Å². The van der Waals surface area contributed by atoms with E-state index in [1.807, 2.05) is 11.8 Å². The summed E-state index contributed by atoms with van der Waals surface area (Å²) in [6.45, 7) is 3.08. The summed E-state index contributed by atoms with van der Waals surface area (Å²) in [6, 6.07) is 0. The molecule has 2 aliphatic heterocycles. The van der Waals surface area contributed by atoms with Crippen molar-refractivity contribution in [3.63, 3.8) is 0 Å². The Kier molecular flexibility index (Phi) is 4.97. The molecule has 1 amide bonds. The molecule has 0 radical (unpaired) electrons. The Bertz CT molecular complexity index is 223. The largest absolute Gasteiger partial charge is 0.356 e. The first-order valence-corrected chi connectivity index (χ1v) is 7.58. The van der Waals surface area contributed by atoms with Gasteiger partial charge in [0.15, 0.2) is 0 Å². The Morgan fingerprint density at radius 2 is 2.12 bits per heavy atom. The van der Waals surface area contributed by atoms with Crippen LogP contribution in [0.15, 0.2) is 0 Å². The van der Waals surface area contributed by atoms with Gasteiger partial charge in [-0.3, -0.25) is 4.79 Å². The lowest BCUT2D eigenvalue weighted by atomic mass is 9.98. The van der Waals surface area contributed by atoms with Crippen molar-refractivity contribution in [3.05, 3.63) is 0 Å². The van der Waals surface area contributed by atoms with Crippen molar-refractivity contribution < 1.29 is 4.79 Å². The second-order valence-corrected chi connectivity index (χ2v) is 6.07. The molecule has 4 heteroatoms. The summed E-state index contributed by atoms with van der Waals surface area (Å²) in [5.74, 6) is 3.55. The summed E-state index contributed by atoms with van der Waals surface area (Å²) >= 11 is 1.97. The fraction of sp³-hybridized carbons (Fsp3) is 0.917. The molecule has 0 aliphatic carbocycles. The summed E-state index contributed by atoms with van der Waals surface area (Å²) in [6.07, 6.45) is 4.65. The minimum absolute atomic E-state index is 0.290. The third-order valence-electron chi connectivity index (χ3n) is 3.56. The molecular formula is C12H22N2OS. The Labute approximate surface area is 102 Å². The van der Waals surface area contributed by atoms with Crippen LogP contribution in [0.4, 0.5) is 0 Å². The predicted molar refractivity (Wildman–Crippen MR) is 68.7 cm³/mol. The number of nitrogens with one attached hydrogen (secondary N) is 2. The minimum atomic E-state index is 0.290. The molecule has 2 N–H and O–H groups in total. The molecule has 2 saturated heterocycles. The molecule has 2 rings (SSSR count). The van der Waals surface area contributed by atoms with Gasteiger partial charge in [-0.25, -0.2) is 0 Å². The highest BCUT2D eigenvalue weighted by Crippen LogP contribution is 2.22. The van der Waals surface area contributed by atoms with Crippen LogP contribution in [-0.2, 0) is 4.79 Å². The lowest BCUT2D eigenvalue weighted by molar-refractivity contribution is -0.125. The van der Waals surface area contributed by atoms with Gasteiger partial charge in [-0.15, -0.1) is 0 Å². The van der Waals surface area contributed by atoms with Crippen molar-refractivity contribution >= 4 is 17.7 Å². The Balaban J connectivity index is 1.65. The van der Waals surface area contributed by atoms with Gasteiger partial charge in [0.25, 0.3) is 0 Å². The number of piperidine rings is 1. The average Bonchev–Trinajstić information content (AvgIpc) is 2.38. The number of hydrogen-bond donors (Lipinski definition) is 2. The zero-order valence-electron chi connectivity index (χ0n) is 9.84. The smallest absolute Gasteiger partial charge is 0.223 e. The van der Waals surface area contributed by atoms with E-state index in [9.17, 15) is 4.79 Å². The average molecular weight is 242 g/mol. The number of rotatable bonds is 3. The van der Waals surface area contributed by atoms with Crippen molar-refractivity contribution in [1.82, 2.24) is 10.6 Å². The molecule has 1 atom stereocenters. The molecule has 0 aromatic carbocycles. The molecule has 0 saturated carbocycles. The van der Waals surface area contributed by atoms with Gasteiger partial charge in [0.2, 0.25) is 5.91 Å². The van der Waals surface area contributed by atoms with Gasteiger partial charge in [0.05, 0.1) is 0 Å². The number of carbonyl (C=O) groups is 1. The van der Waals surface area contributed by atoms with Crippen LogP contribution in [0.3, 0.4) is 0 Å². The molecule has 2 heterocycles. The van der Waals surface area contributed by atoms with E-state index >= 15 is 0 Å². The normalized spacial score (nSPS) is 27.6. The van der Waals surface area contributed by atoms with E-state index in [2.05, 4.69) is 10.6 Å². The number of hydrogen-bond acceptors (Lipinski definition) is 3. The topological polar surface area (TPSA) is 41.1 Å². The van der Waals surface area contributed by atoms with Crippen LogP contribution in [0, 0.1) is 11.8 Å². The maximum absolute atomic E-state index is 11.9. The lowest BCUT2D eigenvalue weighted by Crippen LogP contribution is -2.40. The maximum Gasteiger partial charge on any atom is 0.223 e. The van der Waals surface area contributed by atoms with Gasteiger partial charge < -0.3 is 10.6 Å². The van der Waals surface area contributed by atoms with Gasteiger partial charge in [-0.05, 0) is 56.2 Å². The molecule has 0 aromatic heterocycles. The molecule has 2 fully saturated rings. The monoisotopic (exact) mass is 242 g/mol. The molecule has 16 heavy (non-hydrogen) atoms. The molecule has 0 aromatic rings. The first-order chi connectivity index (χ1) is 7.86. The van der Waals surface area contributed by atoms with Crippen molar-refractivity contribution in [2.45, 2.75) is 25.7 Å². The van der Waals surface area contributed by atoms with E-state index in [0.29, 0.717) is 11.8 Å². The summed E-state index contributed by atoms with van der Waals surface area (Å²) < 4.78 is 0. The van der Waals surface area contributed by atoms with Gasteiger partial charge in [0, 0.05) is 12.5 Å². The predicted octanol–water partition coefficient (Wildman–Crippen LogP) is 1.25. The Hall–Kier alpha value is -0.220. The van der Waals surface area contributed by atoms with Crippen molar-refractivity contribution in [3.8, 4) is 0 Å². The van der Waals surface area contributed by atoms with Crippen LogP contribution in [0.1, 0.15) is 25.7 Å². The Morgan fingerprint density at radius 1 is 1.31 bits per heavy atom. The lowest BCUT2D eigenvalue weighted by Gasteiger charge is -2.25. The minimum Gasteiger partial charge on any atom is -0.356 e. The van der Waals surface area contributed by atoms with Crippen molar-refractivity contribution in [1.29, 1.82) is 0 Å². The molecule has 1 unspecified atom stereocenters. The van der Waals surface area contributed by atoms with E-state index in [1.54, 1.807) is 0 Å². The van der Waals surface area contributed by atoms with Gasteiger partial charge in [-0.1, -0.05) is 0 Å². The zero-order valence-corrected chi connectivity index (χ0v) is 10.7. The van der Waals surface area contributed by atoms with Crippen LogP contribution < -0.4 is 10.6 Å². The molecule has 92 valence electrons. The van der Waals surface area contributed by atoms with Gasteiger partial charge in [-0.2, -0.15) is 11.8 Å². The highest BCUT2D eigenvalue weighted by molar-refractivity contribution is 7.99. The maximum atomic E-state index is 11.9. The summed E-state index contributed by atoms with van der Waals surface area (Å²) in [7, 11) is 0. The molecule has 2 aliphatic rings. The van der Waals surface area contributed by atoms with Crippen molar-refractivity contribution in [2.24, 2.45) is 11.8 Å². The second kappa shape index (κ2) is 6.50.